The molecule has 0 saturated heterocycles. The summed E-state index contributed by atoms with van der Waals surface area (Å²) in [6.45, 7) is 8.03. The van der Waals surface area contributed by atoms with Crippen molar-refractivity contribution in [3.63, 3.8) is 0 Å². The molecule has 0 radical (unpaired) electrons. The molecule has 0 N–H and O–H groups in total. The Labute approximate surface area is 112 Å². The maximum atomic E-state index is 3.90. The molecule has 0 unspecified atom stereocenters. The van der Waals surface area contributed by atoms with Crippen molar-refractivity contribution in [3.05, 3.63) is 40.8 Å². The van der Waals surface area contributed by atoms with E-state index in [0.717, 1.165) is 10.5 Å². The van der Waals surface area contributed by atoms with Gasteiger partial charge in [0.25, 0.3) is 0 Å². The Morgan fingerprint density at radius 3 is 2.80 bits per heavy atom. The van der Waals surface area contributed by atoms with Crippen LogP contribution in [0.1, 0.15) is 18.1 Å². The Hall–Kier alpha value is -0.0500. The first-order valence-corrected chi connectivity index (χ1v) is 8.53. The van der Waals surface area contributed by atoms with E-state index < -0.39 is 0 Å². The maximum absolute atomic E-state index is 3.90. The molecule has 1 rings (SSSR count). The summed E-state index contributed by atoms with van der Waals surface area (Å²) in [6, 6.07) is 6.28. The Morgan fingerprint density at radius 1 is 1.47 bits per heavy atom. The first-order valence-electron chi connectivity index (χ1n) is 4.36. The van der Waals surface area contributed by atoms with Crippen molar-refractivity contribution in [2.75, 3.05) is 0 Å². The van der Waals surface area contributed by atoms with Gasteiger partial charge in [0.2, 0.25) is 0 Å². The fraction of sp³-hybridized carbons (Fsp3) is 0.167. The molecule has 0 aliphatic rings. The molecule has 1 aromatic rings. The highest BCUT2D eigenvalue weighted by Crippen LogP contribution is 2.28. The average molecular weight is 346 g/mol. The van der Waals surface area contributed by atoms with Gasteiger partial charge in [0.15, 0.2) is 0 Å². The zero-order valence-electron chi connectivity index (χ0n) is 8.63. The molecule has 0 atom stereocenters. The highest BCUT2D eigenvalue weighted by Gasteiger charge is 2.00. The smallest absolute Gasteiger partial charge is 0.0266 e. The number of aryl methyl sites for hydroxylation is 1. The Kier molecular flexibility index (Phi) is 5.65. The van der Waals surface area contributed by atoms with Crippen LogP contribution in [-0.4, -0.2) is 0 Å². The standard InChI is InChI=1S/C12H11IS2/c1-9(2)15-12-8-11(6-7-14-13)5-4-10(12)3/h4-5,8H,1H2,2-3H3. The van der Waals surface area contributed by atoms with E-state index in [9.17, 15) is 0 Å². The molecule has 0 amide bonds. The second-order valence-corrected chi connectivity index (χ2v) is 6.11. The summed E-state index contributed by atoms with van der Waals surface area (Å²) in [5.41, 5.74) is 2.34. The van der Waals surface area contributed by atoms with E-state index in [1.807, 2.05) is 6.92 Å². The van der Waals surface area contributed by atoms with Crippen LogP contribution in [0, 0.1) is 18.1 Å². The van der Waals surface area contributed by atoms with Crippen LogP contribution in [0.15, 0.2) is 34.6 Å². The van der Waals surface area contributed by atoms with Crippen molar-refractivity contribution in [3.8, 4) is 11.2 Å². The van der Waals surface area contributed by atoms with Crippen molar-refractivity contribution in [1.82, 2.24) is 0 Å². The third kappa shape index (κ3) is 4.54. The predicted octanol–water partition coefficient (Wildman–Crippen LogP) is 5.01. The average Bonchev–Trinajstić information content (AvgIpc) is 2.18. The molecule has 0 fully saturated rings. The zero-order valence-corrected chi connectivity index (χ0v) is 12.4. The summed E-state index contributed by atoms with van der Waals surface area (Å²) >= 11 is 3.88. The molecule has 78 valence electrons. The maximum Gasteiger partial charge on any atom is 0.0266 e. The van der Waals surface area contributed by atoms with Gasteiger partial charge in [-0.1, -0.05) is 30.3 Å². The van der Waals surface area contributed by atoms with E-state index in [1.165, 1.54) is 19.4 Å². The number of hydrogen-bond acceptors (Lipinski definition) is 2. The van der Waals surface area contributed by atoms with E-state index in [1.54, 1.807) is 11.8 Å². The van der Waals surface area contributed by atoms with Gasteiger partial charge < -0.3 is 0 Å². The van der Waals surface area contributed by atoms with Gasteiger partial charge in [-0.3, -0.25) is 0 Å². The molecule has 0 heterocycles. The molecule has 0 saturated carbocycles. The van der Waals surface area contributed by atoms with Crippen molar-refractivity contribution in [1.29, 1.82) is 0 Å². The van der Waals surface area contributed by atoms with Crippen LogP contribution < -0.4 is 0 Å². The third-order valence-corrected chi connectivity index (χ3v) is 3.55. The molecule has 15 heavy (non-hydrogen) atoms. The third-order valence-electron chi connectivity index (χ3n) is 1.71. The summed E-state index contributed by atoms with van der Waals surface area (Å²) in [5, 5.41) is 2.99. The zero-order chi connectivity index (χ0) is 11.3. The normalized spacial score (nSPS) is 9.27. The van der Waals surface area contributed by atoms with Crippen molar-refractivity contribution in [2.45, 2.75) is 18.7 Å². The Bertz CT molecular complexity index is 427. The summed E-state index contributed by atoms with van der Waals surface area (Å²) in [6.07, 6.45) is 0. The van der Waals surface area contributed by atoms with E-state index in [2.05, 4.69) is 64.1 Å². The van der Waals surface area contributed by atoms with Crippen LogP contribution in [0.4, 0.5) is 0 Å². The van der Waals surface area contributed by atoms with Crippen LogP contribution in [0.25, 0.3) is 0 Å². The minimum absolute atomic E-state index is 1.06. The highest BCUT2D eigenvalue weighted by atomic mass is 127. The number of rotatable bonds is 2. The number of hydrogen-bond donors (Lipinski definition) is 0. The van der Waals surface area contributed by atoms with E-state index in [-0.39, 0.29) is 0 Å². The SMILES string of the molecule is C=C(C)Sc1cc(C#CSI)ccc1C. The molecule has 3 heteroatoms. The van der Waals surface area contributed by atoms with Crippen molar-refractivity contribution in [2.24, 2.45) is 0 Å². The Morgan fingerprint density at radius 2 is 2.20 bits per heavy atom. The molecule has 0 aliphatic heterocycles. The fourth-order valence-electron chi connectivity index (χ4n) is 1.05. The number of allylic oxidation sites excluding steroid dienone is 1. The van der Waals surface area contributed by atoms with Crippen LogP contribution >= 0.6 is 41.9 Å². The largest absolute Gasteiger partial charge is 0.0951 e. The lowest BCUT2D eigenvalue weighted by Gasteiger charge is -2.05. The summed E-state index contributed by atoms with van der Waals surface area (Å²) in [4.78, 5) is 2.35. The lowest BCUT2D eigenvalue weighted by molar-refractivity contribution is 1.29. The number of benzene rings is 1. The van der Waals surface area contributed by atoms with Gasteiger partial charge in [0, 0.05) is 31.7 Å². The molecule has 0 nitrogen and oxygen atoms in total. The highest BCUT2D eigenvalue weighted by molar-refractivity contribution is 14.2. The summed E-state index contributed by atoms with van der Waals surface area (Å²) in [7, 11) is 1.50. The first kappa shape index (κ1) is 13.0. The van der Waals surface area contributed by atoms with Gasteiger partial charge >= 0.3 is 0 Å². The topological polar surface area (TPSA) is 0 Å². The summed E-state index contributed by atoms with van der Waals surface area (Å²) in [5.74, 6) is 3.10. The second kappa shape index (κ2) is 6.51. The van der Waals surface area contributed by atoms with Crippen LogP contribution in [-0.2, 0) is 0 Å². The van der Waals surface area contributed by atoms with Crippen LogP contribution in [0.2, 0.25) is 0 Å². The van der Waals surface area contributed by atoms with Gasteiger partial charge in [-0.2, -0.15) is 0 Å². The minimum atomic E-state index is 1.06. The van der Waals surface area contributed by atoms with E-state index in [0.29, 0.717) is 0 Å². The molecule has 0 spiro atoms. The molecular formula is C12H11IS2. The van der Waals surface area contributed by atoms with Gasteiger partial charge in [0.1, 0.15) is 0 Å². The number of halogens is 1. The molecular weight excluding hydrogens is 335 g/mol. The van der Waals surface area contributed by atoms with Gasteiger partial charge in [-0.05, 0) is 50.6 Å². The van der Waals surface area contributed by atoms with Crippen molar-refractivity contribution < 1.29 is 0 Å². The monoisotopic (exact) mass is 346 g/mol. The quantitative estimate of drug-likeness (QED) is 0.419. The van der Waals surface area contributed by atoms with Gasteiger partial charge in [-0.15, -0.1) is 0 Å². The van der Waals surface area contributed by atoms with Gasteiger partial charge in [-0.25, -0.2) is 0 Å². The molecule has 0 aliphatic carbocycles. The summed E-state index contributed by atoms with van der Waals surface area (Å²) < 4.78 is 0. The second-order valence-electron chi connectivity index (χ2n) is 3.09. The van der Waals surface area contributed by atoms with E-state index in [4.69, 9.17) is 0 Å². The number of thioether (sulfide) groups is 1. The molecule has 0 bridgehead atoms. The predicted molar refractivity (Wildman–Crippen MR) is 80.3 cm³/mol. The lowest BCUT2D eigenvalue weighted by Crippen LogP contribution is -1.82. The van der Waals surface area contributed by atoms with Gasteiger partial charge in [0.05, 0.1) is 0 Å². The molecule has 0 aromatic heterocycles. The fourth-order valence-corrected chi connectivity index (χ4v) is 2.33. The first-order chi connectivity index (χ1) is 7.13. The minimum Gasteiger partial charge on any atom is -0.0951 e. The molecule has 1 aromatic carbocycles. The van der Waals surface area contributed by atoms with Crippen molar-refractivity contribution >= 4 is 41.9 Å². The lowest BCUT2D eigenvalue weighted by atomic mass is 10.2. The van der Waals surface area contributed by atoms with Crippen LogP contribution in [0.5, 0.6) is 0 Å². The van der Waals surface area contributed by atoms with Crippen LogP contribution in [0.3, 0.4) is 0 Å². The van der Waals surface area contributed by atoms with E-state index >= 15 is 0 Å². The Balaban J connectivity index is 2.99.